The van der Waals surface area contributed by atoms with Crippen LogP contribution in [0.3, 0.4) is 0 Å². The SMILES string of the molecule is C=CCCC(=CC(=O)OCC)O[Si](C)(C)C. The first-order chi connectivity index (χ1) is 7.39. The highest BCUT2D eigenvalue weighted by Gasteiger charge is 2.18. The Balaban J connectivity index is 4.52. The lowest BCUT2D eigenvalue weighted by Crippen LogP contribution is -2.25. The Labute approximate surface area is 99.3 Å². The number of allylic oxidation sites excluding steroid dienone is 2. The molecular formula is C12H22O3Si. The first-order valence-corrected chi connectivity index (χ1v) is 8.97. The highest BCUT2D eigenvalue weighted by atomic mass is 28.4. The van der Waals surface area contributed by atoms with E-state index in [4.69, 9.17) is 9.16 Å². The van der Waals surface area contributed by atoms with Gasteiger partial charge in [0, 0.05) is 6.42 Å². The number of esters is 1. The van der Waals surface area contributed by atoms with Gasteiger partial charge in [0.25, 0.3) is 0 Å². The van der Waals surface area contributed by atoms with E-state index < -0.39 is 8.32 Å². The summed E-state index contributed by atoms with van der Waals surface area (Å²) in [4.78, 5) is 11.3. The summed E-state index contributed by atoms with van der Waals surface area (Å²) < 4.78 is 10.7. The van der Waals surface area contributed by atoms with Crippen LogP contribution < -0.4 is 0 Å². The summed E-state index contributed by atoms with van der Waals surface area (Å²) in [5.41, 5.74) is 0. The molecule has 4 heteroatoms. The molecule has 0 fully saturated rings. The zero-order valence-corrected chi connectivity index (χ0v) is 11.7. The zero-order valence-electron chi connectivity index (χ0n) is 10.7. The quantitative estimate of drug-likeness (QED) is 0.226. The standard InChI is InChI=1S/C12H22O3Si/c1-6-8-9-11(15-16(3,4)5)10-12(13)14-7-2/h6,10H,1,7-9H2,2-5H3. The summed E-state index contributed by atoms with van der Waals surface area (Å²) >= 11 is 0. The molecule has 0 aliphatic heterocycles. The summed E-state index contributed by atoms with van der Waals surface area (Å²) in [6.45, 7) is 12.1. The van der Waals surface area contributed by atoms with E-state index in [1.165, 1.54) is 6.08 Å². The van der Waals surface area contributed by atoms with E-state index in [0.29, 0.717) is 18.8 Å². The Bertz CT molecular complexity index is 264. The molecule has 0 rings (SSSR count). The second-order valence-electron chi connectivity index (χ2n) is 4.40. The van der Waals surface area contributed by atoms with Gasteiger partial charge in [-0.25, -0.2) is 4.79 Å². The minimum Gasteiger partial charge on any atom is -0.547 e. The van der Waals surface area contributed by atoms with Crippen molar-refractivity contribution in [3.05, 3.63) is 24.5 Å². The maximum Gasteiger partial charge on any atom is 0.334 e. The Morgan fingerprint density at radius 1 is 1.38 bits per heavy atom. The van der Waals surface area contributed by atoms with E-state index >= 15 is 0 Å². The highest BCUT2D eigenvalue weighted by Crippen LogP contribution is 2.15. The first kappa shape index (κ1) is 15.0. The van der Waals surface area contributed by atoms with Gasteiger partial charge < -0.3 is 9.16 Å². The van der Waals surface area contributed by atoms with Crippen LogP contribution in [-0.4, -0.2) is 20.9 Å². The minimum absolute atomic E-state index is 0.334. The number of ether oxygens (including phenoxy) is 1. The van der Waals surface area contributed by atoms with Crippen molar-refractivity contribution in [1.29, 1.82) is 0 Å². The van der Waals surface area contributed by atoms with Crippen LogP contribution in [0, 0.1) is 0 Å². The fourth-order valence-electron chi connectivity index (χ4n) is 1.11. The molecule has 0 N–H and O–H groups in total. The van der Waals surface area contributed by atoms with Gasteiger partial charge in [-0.15, -0.1) is 6.58 Å². The van der Waals surface area contributed by atoms with Crippen molar-refractivity contribution in [3.8, 4) is 0 Å². The van der Waals surface area contributed by atoms with Crippen LogP contribution in [0.1, 0.15) is 19.8 Å². The second-order valence-corrected chi connectivity index (χ2v) is 8.83. The molecule has 0 saturated carbocycles. The van der Waals surface area contributed by atoms with E-state index in [9.17, 15) is 4.79 Å². The van der Waals surface area contributed by atoms with Crippen molar-refractivity contribution in [2.24, 2.45) is 0 Å². The molecule has 16 heavy (non-hydrogen) atoms. The van der Waals surface area contributed by atoms with Crippen LogP contribution in [0.15, 0.2) is 24.5 Å². The van der Waals surface area contributed by atoms with E-state index in [-0.39, 0.29) is 5.97 Å². The van der Waals surface area contributed by atoms with E-state index in [2.05, 4.69) is 26.2 Å². The molecule has 0 bridgehead atoms. The molecule has 0 atom stereocenters. The third kappa shape index (κ3) is 8.29. The van der Waals surface area contributed by atoms with Crippen LogP contribution >= 0.6 is 0 Å². The molecule has 0 unspecified atom stereocenters. The van der Waals surface area contributed by atoms with Gasteiger partial charge in [-0.3, -0.25) is 0 Å². The summed E-state index contributed by atoms with van der Waals surface area (Å²) in [6.07, 6.45) is 4.76. The predicted molar refractivity (Wildman–Crippen MR) is 68.6 cm³/mol. The lowest BCUT2D eigenvalue weighted by atomic mass is 10.2. The van der Waals surface area contributed by atoms with Crippen LogP contribution in [0.4, 0.5) is 0 Å². The molecule has 0 amide bonds. The van der Waals surface area contributed by atoms with Crippen molar-refractivity contribution in [2.75, 3.05) is 6.61 Å². The molecule has 0 radical (unpaired) electrons. The van der Waals surface area contributed by atoms with Gasteiger partial charge in [-0.05, 0) is 33.0 Å². The van der Waals surface area contributed by atoms with E-state index in [1.807, 2.05) is 6.08 Å². The van der Waals surface area contributed by atoms with Crippen molar-refractivity contribution in [1.82, 2.24) is 0 Å². The van der Waals surface area contributed by atoms with Crippen LogP contribution in [0.25, 0.3) is 0 Å². The number of rotatable bonds is 7. The molecule has 0 aliphatic carbocycles. The number of carbonyl (C=O) groups is 1. The number of carbonyl (C=O) groups excluding carboxylic acids is 1. The monoisotopic (exact) mass is 242 g/mol. The average Bonchev–Trinajstić information content (AvgIpc) is 2.12. The second kappa shape index (κ2) is 7.27. The maximum atomic E-state index is 11.3. The Morgan fingerprint density at radius 3 is 2.44 bits per heavy atom. The summed E-state index contributed by atoms with van der Waals surface area (Å²) in [7, 11) is -1.67. The van der Waals surface area contributed by atoms with Gasteiger partial charge in [-0.1, -0.05) is 6.08 Å². The average molecular weight is 242 g/mol. The molecule has 0 heterocycles. The topological polar surface area (TPSA) is 35.5 Å². The summed E-state index contributed by atoms with van der Waals surface area (Å²) in [6, 6.07) is 0. The first-order valence-electron chi connectivity index (χ1n) is 5.56. The molecule has 0 aliphatic rings. The molecule has 0 aromatic rings. The normalized spacial score (nSPS) is 12.1. The molecule has 0 saturated heterocycles. The van der Waals surface area contributed by atoms with Crippen LogP contribution in [0.5, 0.6) is 0 Å². The fraction of sp³-hybridized carbons (Fsp3) is 0.583. The smallest absolute Gasteiger partial charge is 0.334 e. The van der Waals surface area contributed by atoms with Crippen LogP contribution in [-0.2, 0) is 14.0 Å². The number of hydrogen-bond acceptors (Lipinski definition) is 3. The lowest BCUT2D eigenvalue weighted by molar-refractivity contribution is -0.137. The van der Waals surface area contributed by atoms with Gasteiger partial charge in [0.2, 0.25) is 8.32 Å². The van der Waals surface area contributed by atoms with Gasteiger partial charge in [-0.2, -0.15) is 0 Å². The zero-order chi connectivity index (χ0) is 12.6. The maximum absolute atomic E-state index is 11.3. The van der Waals surface area contributed by atoms with Gasteiger partial charge in [0.1, 0.15) is 0 Å². The molecule has 0 aromatic heterocycles. The highest BCUT2D eigenvalue weighted by molar-refractivity contribution is 6.70. The van der Waals surface area contributed by atoms with Crippen molar-refractivity contribution < 1.29 is 14.0 Å². The van der Waals surface area contributed by atoms with Crippen LogP contribution in [0.2, 0.25) is 19.6 Å². The van der Waals surface area contributed by atoms with Gasteiger partial charge >= 0.3 is 5.97 Å². The summed E-state index contributed by atoms with van der Waals surface area (Å²) in [5, 5.41) is 0. The number of hydrogen-bond donors (Lipinski definition) is 0. The molecule has 0 aromatic carbocycles. The Morgan fingerprint density at radius 2 is 2.00 bits per heavy atom. The fourth-order valence-corrected chi connectivity index (χ4v) is 2.05. The third-order valence-electron chi connectivity index (χ3n) is 1.60. The van der Waals surface area contributed by atoms with Crippen molar-refractivity contribution in [3.63, 3.8) is 0 Å². The van der Waals surface area contributed by atoms with E-state index in [1.54, 1.807) is 6.92 Å². The predicted octanol–water partition coefficient (Wildman–Crippen LogP) is 3.25. The van der Waals surface area contributed by atoms with Crippen molar-refractivity contribution >= 4 is 14.3 Å². The van der Waals surface area contributed by atoms with E-state index in [0.717, 1.165) is 6.42 Å². The van der Waals surface area contributed by atoms with Gasteiger partial charge in [0.05, 0.1) is 18.4 Å². The van der Waals surface area contributed by atoms with Gasteiger partial charge in [0.15, 0.2) is 0 Å². The minimum atomic E-state index is -1.67. The van der Waals surface area contributed by atoms with Crippen molar-refractivity contribution in [2.45, 2.75) is 39.4 Å². The molecule has 0 spiro atoms. The third-order valence-corrected chi connectivity index (χ3v) is 2.47. The summed E-state index contributed by atoms with van der Waals surface area (Å²) in [5.74, 6) is 0.373. The molecule has 92 valence electrons. The molecule has 3 nitrogen and oxygen atoms in total. The molecular weight excluding hydrogens is 220 g/mol. The largest absolute Gasteiger partial charge is 0.547 e. The Hall–Kier alpha value is -1.03. The Kier molecular flexibility index (Phi) is 6.81. The lowest BCUT2D eigenvalue weighted by Gasteiger charge is -2.21.